The van der Waals surface area contributed by atoms with Gasteiger partial charge in [0, 0.05) is 22.8 Å². The van der Waals surface area contributed by atoms with Gasteiger partial charge in [0.1, 0.15) is 5.15 Å². The summed E-state index contributed by atoms with van der Waals surface area (Å²) in [4.78, 5) is 3.91. The van der Waals surface area contributed by atoms with Crippen LogP contribution in [-0.2, 0) is 0 Å². The smallest absolute Gasteiger partial charge is 0.135 e. The second-order valence-electron chi connectivity index (χ2n) is 2.51. The van der Waals surface area contributed by atoms with Gasteiger partial charge in [-0.2, -0.15) is 0 Å². The van der Waals surface area contributed by atoms with E-state index in [1.54, 1.807) is 12.3 Å². The maximum absolute atomic E-state index is 5.90. The van der Waals surface area contributed by atoms with Crippen molar-refractivity contribution in [2.24, 2.45) is 5.73 Å². The van der Waals surface area contributed by atoms with Crippen molar-refractivity contribution in [3.63, 3.8) is 0 Å². The lowest BCUT2D eigenvalue weighted by atomic mass is 10.1. The first-order valence-corrected chi connectivity index (χ1v) is 4.48. The van der Waals surface area contributed by atoms with Crippen LogP contribution in [-0.4, -0.2) is 4.98 Å². The van der Waals surface area contributed by atoms with Crippen molar-refractivity contribution >= 4 is 23.2 Å². The van der Waals surface area contributed by atoms with Gasteiger partial charge in [-0.3, -0.25) is 0 Å². The number of hydrogen-bond donors (Lipinski definition) is 1. The molecule has 0 fully saturated rings. The largest absolute Gasteiger partial charge is 0.324 e. The van der Waals surface area contributed by atoms with E-state index in [9.17, 15) is 0 Å². The minimum absolute atomic E-state index is 0.126. The molecule has 0 spiro atoms. The van der Waals surface area contributed by atoms with Gasteiger partial charge in [-0.15, -0.1) is 0 Å². The van der Waals surface area contributed by atoms with Crippen LogP contribution in [0, 0.1) is 0 Å². The quantitative estimate of drug-likeness (QED) is 0.754. The number of nitrogens with two attached hydrogens (primary N) is 1. The molecular weight excluding hydrogens is 195 g/mol. The molecule has 0 aliphatic heterocycles. The van der Waals surface area contributed by atoms with E-state index in [0.29, 0.717) is 10.2 Å². The molecule has 1 rings (SSSR count). The van der Waals surface area contributed by atoms with Crippen molar-refractivity contribution in [3.8, 4) is 0 Å². The molecular formula is C8H10Cl2N2. The minimum atomic E-state index is -0.126. The van der Waals surface area contributed by atoms with Crippen LogP contribution < -0.4 is 5.73 Å². The summed E-state index contributed by atoms with van der Waals surface area (Å²) in [6, 6.07) is 1.57. The SMILES string of the molecule is CC[C@@H](N)c1c(Cl)ccnc1Cl. The van der Waals surface area contributed by atoms with Gasteiger partial charge in [-0.1, -0.05) is 30.1 Å². The molecule has 0 unspecified atom stereocenters. The molecule has 1 aromatic rings. The van der Waals surface area contributed by atoms with E-state index in [1.807, 2.05) is 6.92 Å². The maximum atomic E-state index is 5.90. The zero-order valence-electron chi connectivity index (χ0n) is 6.72. The summed E-state index contributed by atoms with van der Waals surface area (Å²) in [6.45, 7) is 1.98. The third-order valence-corrected chi connectivity index (χ3v) is 2.33. The maximum Gasteiger partial charge on any atom is 0.135 e. The molecule has 0 aliphatic carbocycles. The molecule has 12 heavy (non-hydrogen) atoms. The Morgan fingerprint density at radius 2 is 2.25 bits per heavy atom. The molecule has 0 saturated carbocycles. The number of aromatic nitrogens is 1. The van der Waals surface area contributed by atoms with E-state index in [4.69, 9.17) is 28.9 Å². The highest BCUT2D eigenvalue weighted by Crippen LogP contribution is 2.28. The van der Waals surface area contributed by atoms with Crippen molar-refractivity contribution in [2.45, 2.75) is 19.4 Å². The van der Waals surface area contributed by atoms with Crippen LogP contribution in [0.1, 0.15) is 24.9 Å². The highest BCUT2D eigenvalue weighted by molar-refractivity contribution is 6.35. The summed E-state index contributed by atoms with van der Waals surface area (Å²) in [7, 11) is 0. The molecule has 66 valence electrons. The van der Waals surface area contributed by atoms with E-state index >= 15 is 0 Å². The molecule has 1 heterocycles. The monoisotopic (exact) mass is 204 g/mol. The molecule has 0 aliphatic rings. The Bertz CT molecular complexity index is 256. The Kier molecular flexibility index (Phi) is 3.32. The fourth-order valence-corrected chi connectivity index (χ4v) is 1.59. The molecule has 0 amide bonds. The van der Waals surface area contributed by atoms with Crippen LogP contribution in [0.2, 0.25) is 10.2 Å². The first kappa shape index (κ1) is 9.78. The summed E-state index contributed by atoms with van der Waals surface area (Å²) >= 11 is 11.7. The Morgan fingerprint density at radius 1 is 1.58 bits per heavy atom. The second kappa shape index (κ2) is 4.08. The average Bonchev–Trinajstić information content (AvgIpc) is 2.03. The zero-order chi connectivity index (χ0) is 9.14. The number of rotatable bonds is 2. The molecule has 2 N–H and O–H groups in total. The van der Waals surface area contributed by atoms with E-state index in [0.717, 1.165) is 12.0 Å². The van der Waals surface area contributed by atoms with Crippen molar-refractivity contribution in [2.75, 3.05) is 0 Å². The van der Waals surface area contributed by atoms with E-state index in [-0.39, 0.29) is 6.04 Å². The Hall–Kier alpha value is -0.310. The van der Waals surface area contributed by atoms with Crippen molar-refractivity contribution in [1.29, 1.82) is 0 Å². The highest BCUT2D eigenvalue weighted by atomic mass is 35.5. The lowest BCUT2D eigenvalue weighted by molar-refractivity contribution is 0.696. The van der Waals surface area contributed by atoms with Gasteiger partial charge in [-0.25, -0.2) is 4.98 Å². The first-order chi connectivity index (χ1) is 5.66. The van der Waals surface area contributed by atoms with Crippen LogP contribution in [0.5, 0.6) is 0 Å². The zero-order valence-corrected chi connectivity index (χ0v) is 8.23. The summed E-state index contributed by atoms with van der Waals surface area (Å²) in [5.41, 5.74) is 6.53. The Balaban J connectivity index is 3.12. The van der Waals surface area contributed by atoms with Crippen LogP contribution >= 0.6 is 23.2 Å². The fraction of sp³-hybridized carbons (Fsp3) is 0.375. The lowest BCUT2D eigenvalue weighted by Gasteiger charge is -2.11. The number of nitrogens with zero attached hydrogens (tertiary/aromatic N) is 1. The molecule has 0 saturated heterocycles. The molecule has 0 bridgehead atoms. The van der Waals surface area contributed by atoms with Crippen LogP contribution in [0.25, 0.3) is 0 Å². The Labute approximate surface area is 81.7 Å². The molecule has 0 aromatic carbocycles. The summed E-state index contributed by atoms with van der Waals surface area (Å²) in [5, 5.41) is 0.987. The van der Waals surface area contributed by atoms with Gasteiger partial charge >= 0.3 is 0 Å². The normalized spacial score (nSPS) is 13.0. The molecule has 2 nitrogen and oxygen atoms in total. The molecule has 1 aromatic heterocycles. The third kappa shape index (κ3) is 1.89. The van der Waals surface area contributed by atoms with Crippen molar-refractivity contribution in [3.05, 3.63) is 28.0 Å². The second-order valence-corrected chi connectivity index (χ2v) is 3.28. The van der Waals surface area contributed by atoms with E-state index in [2.05, 4.69) is 4.98 Å². The predicted molar refractivity (Wildman–Crippen MR) is 51.5 cm³/mol. The van der Waals surface area contributed by atoms with Gasteiger partial charge in [0.25, 0.3) is 0 Å². The highest BCUT2D eigenvalue weighted by Gasteiger charge is 2.12. The van der Waals surface area contributed by atoms with E-state index in [1.165, 1.54) is 0 Å². The number of hydrogen-bond acceptors (Lipinski definition) is 2. The average molecular weight is 205 g/mol. The molecule has 1 atom stereocenters. The van der Waals surface area contributed by atoms with Gasteiger partial charge < -0.3 is 5.73 Å². The standard InChI is InChI=1S/C8H10Cl2N2/c1-2-6(11)7-5(9)3-4-12-8(7)10/h3-4,6H,2,11H2,1H3/t6-/m1/s1. The van der Waals surface area contributed by atoms with Gasteiger partial charge in [0.05, 0.1) is 0 Å². The van der Waals surface area contributed by atoms with Gasteiger partial charge in [0.2, 0.25) is 0 Å². The summed E-state index contributed by atoms with van der Waals surface area (Å²) in [5.74, 6) is 0. The topological polar surface area (TPSA) is 38.9 Å². The van der Waals surface area contributed by atoms with E-state index < -0.39 is 0 Å². The van der Waals surface area contributed by atoms with Crippen molar-refractivity contribution < 1.29 is 0 Å². The Morgan fingerprint density at radius 3 is 2.75 bits per heavy atom. The molecule has 0 radical (unpaired) electrons. The van der Waals surface area contributed by atoms with Crippen molar-refractivity contribution in [1.82, 2.24) is 4.98 Å². The summed E-state index contributed by atoms with van der Waals surface area (Å²) < 4.78 is 0. The number of pyridine rings is 1. The fourth-order valence-electron chi connectivity index (χ4n) is 0.960. The first-order valence-electron chi connectivity index (χ1n) is 3.72. The van der Waals surface area contributed by atoms with Gasteiger partial charge in [0.15, 0.2) is 0 Å². The predicted octanol–water partition coefficient (Wildman–Crippen LogP) is 2.80. The van der Waals surface area contributed by atoms with Gasteiger partial charge in [-0.05, 0) is 12.5 Å². The molecule has 4 heteroatoms. The third-order valence-electron chi connectivity index (χ3n) is 1.70. The van der Waals surface area contributed by atoms with Crippen LogP contribution in [0.3, 0.4) is 0 Å². The van der Waals surface area contributed by atoms with Crippen LogP contribution in [0.15, 0.2) is 12.3 Å². The lowest BCUT2D eigenvalue weighted by Crippen LogP contribution is -2.10. The van der Waals surface area contributed by atoms with Crippen LogP contribution in [0.4, 0.5) is 0 Å². The number of halogens is 2. The minimum Gasteiger partial charge on any atom is -0.324 e. The summed E-state index contributed by atoms with van der Waals surface area (Å²) in [6.07, 6.45) is 2.36.